The Morgan fingerprint density at radius 1 is 1.13 bits per heavy atom. The highest BCUT2D eigenvalue weighted by molar-refractivity contribution is 7.90. The first-order valence-corrected chi connectivity index (χ1v) is 15.0. The molecule has 3 N–H and O–H groups in total. The molecule has 0 unspecified atom stereocenters. The number of aromatic nitrogens is 3. The largest absolute Gasteiger partial charge is 0.462 e. The van der Waals surface area contributed by atoms with Gasteiger partial charge in [0.15, 0.2) is 15.0 Å². The van der Waals surface area contributed by atoms with E-state index in [1.54, 1.807) is 43.0 Å². The molecule has 0 spiro atoms. The molecule has 208 valence electrons. The van der Waals surface area contributed by atoms with Gasteiger partial charge < -0.3 is 20.1 Å². The maximum atomic E-state index is 12.2. The molecule has 1 aromatic carbocycles. The number of hydrogen-bond acceptors (Lipinski definition) is 12. The number of rotatable bonds is 9. The molecule has 2 aromatic heterocycles. The summed E-state index contributed by atoms with van der Waals surface area (Å²) in [4.78, 5) is 40.3. The lowest BCUT2D eigenvalue weighted by molar-refractivity contribution is -0.134. The number of ether oxygens (including phenoxy) is 1. The van der Waals surface area contributed by atoms with Crippen molar-refractivity contribution in [3.63, 3.8) is 0 Å². The summed E-state index contributed by atoms with van der Waals surface area (Å²) >= 11 is 1.14. The highest BCUT2D eigenvalue weighted by Gasteiger charge is 2.23. The molecule has 4 rings (SSSR count). The SMILES string of the molecule is CCOC(=O)c1sc(Nc2nc3c(c(NCc4ccc(S(C)(=O)=O)cc4)n2)CCN(C(=O)CO)CC3)nc1C. The molecule has 0 saturated carbocycles. The zero-order valence-electron chi connectivity index (χ0n) is 21.9. The van der Waals surface area contributed by atoms with Crippen molar-refractivity contribution in [1.82, 2.24) is 19.9 Å². The van der Waals surface area contributed by atoms with E-state index in [4.69, 9.17) is 4.74 Å². The number of fused-ring (bicyclic) bond motifs is 1. The fourth-order valence-corrected chi connectivity index (χ4v) is 5.61. The average Bonchev–Trinajstić information content (AvgIpc) is 3.12. The zero-order valence-corrected chi connectivity index (χ0v) is 23.5. The van der Waals surface area contributed by atoms with Crippen molar-refractivity contribution in [3.8, 4) is 0 Å². The molecule has 12 nitrogen and oxygen atoms in total. The number of nitrogens with one attached hydrogen (secondary N) is 2. The first kappa shape index (κ1) is 28.4. The molecule has 0 fully saturated rings. The molecule has 14 heteroatoms. The van der Waals surface area contributed by atoms with E-state index >= 15 is 0 Å². The Labute approximate surface area is 230 Å². The predicted molar refractivity (Wildman–Crippen MR) is 146 cm³/mol. The van der Waals surface area contributed by atoms with Crippen LogP contribution in [0.25, 0.3) is 0 Å². The van der Waals surface area contributed by atoms with Crippen LogP contribution < -0.4 is 10.6 Å². The Hall–Kier alpha value is -3.62. The third-order valence-corrected chi connectivity index (χ3v) is 8.30. The minimum absolute atomic E-state index is 0.239. The number of carbonyl (C=O) groups excluding carboxylic acids is 2. The van der Waals surface area contributed by atoms with Crippen molar-refractivity contribution in [2.75, 3.05) is 43.2 Å². The molecule has 1 aliphatic heterocycles. The number of thiazole rings is 1. The normalized spacial score (nSPS) is 13.4. The summed E-state index contributed by atoms with van der Waals surface area (Å²) in [6.07, 6.45) is 2.11. The number of sulfone groups is 1. The minimum atomic E-state index is -3.30. The maximum absolute atomic E-state index is 12.2. The molecule has 0 aliphatic carbocycles. The van der Waals surface area contributed by atoms with Crippen molar-refractivity contribution in [1.29, 1.82) is 0 Å². The fraction of sp³-hybridized carbons (Fsp3) is 0.400. The average molecular weight is 575 g/mol. The van der Waals surface area contributed by atoms with Gasteiger partial charge in [-0.2, -0.15) is 4.98 Å². The topological polar surface area (TPSA) is 164 Å². The van der Waals surface area contributed by atoms with Crippen LogP contribution in [0, 0.1) is 6.92 Å². The van der Waals surface area contributed by atoms with Gasteiger partial charge in [-0.05, 0) is 38.0 Å². The number of aliphatic hydroxyl groups excluding tert-OH is 1. The van der Waals surface area contributed by atoms with Gasteiger partial charge in [-0.25, -0.2) is 23.2 Å². The molecule has 0 atom stereocenters. The van der Waals surface area contributed by atoms with Crippen LogP contribution >= 0.6 is 11.3 Å². The Morgan fingerprint density at radius 2 is 1.85 bits per heavy atom. The van der Waals surface area contributed by atoms with Gasteiger partial charge in [-0.3, -0.25) is 10.1 Å². The molecule has 3 heterocycles. The van der Waals surface area contributed by atoms with E-state index in [2.05, 4.69) is 25.6 Å². The summed E-state index contributed by atoms with van der Waals surface area (Å²) in [5.41, 5.74) is 2.98. The van der Waals surface area contributed by atoms with Crippen LogP contribution in [0.2, 0.25) is 0 Å². The lowest BCUT2D eigenvalue weighted by Gasteiger charge is -2.18. The lowest BCUT2D eigenvalue weighted by atomic mass is 10.1. The highest BCUT2D eigenvalue weighted by Crippen LogP contribution is 2.28. The van der Waals surface area contributed by atoms with Crippen LogP contribution in [-0.2, 0) is 38.8 Å². The smallest absolute Gasteiger partial charge is 0.350 e. The van der Waals surface area contributed by atoms with Gasteiger partial charge >= 0.3 is 5.97 Å². The molecule has 0 radical (unpaired) electrons. The summed E-state index contributed by atoms with van der Waals surface area (Å²) in [6, 6.07) is 6.59. The number of hydrogen-bond donors (Lipinski definition) is 3. The van der Waals surface area contributed by atoms with Gasteiger partial charge in [-0.1, -0.05) is 23.5 Å². The van der Waals surface area contributed by atoms with Crippen LogP contribution in [0.5, 0.6) is 0 Å². The van der Waals surface area contributed by atoms with Gasteiger partial charge in [0.2, 0.25) is 11.9 Å². The first-order chi connectivity index (χ1) is 18.6. The summed E-state index contributed by atoms with van der Waals surface area (Å²) in [7, 11) is -3.30. The quantitative estimate of drug-likeness (QED) is 0.321. The number of aliphatic hydroxyl groups is 1. The number of anilines is 3. The van der Waals surface area contributed by atoms with E-state index in [0.29, 0.717) is 54.0 Å². The van der Waals surface area contributed by atoms with Crippen LogP contribution in [0.3, 0.4) is 0 Å². The summed E-state index contributed by atoms with van der Waals surface area (Å²) in [6.45, 7) is 4.34. The van der Waals surface area contributed by atoms with Crippen molar-refractivity contribution in [3.05, 3.63) is 51.7 Å². The Balaban J connectivity index is 1.62. The molecule has 3 aromatic rings. The van der Waals surface area contributed by atoms with E-state index in [-0.39, 0.29) is 23.4 Å². The second-order valence-electron chi connectivity index (χ2n) is 8.91. The number of aryl methyl sites for hydroxylation is 1. The number of amides is 1. The Kier molecular flexibility index (Phi) is 8.77. The second kappa shape index (κ2) is 12.1. The highest BCUT2D eigenvalue weighted by atomic mass is 32.2. The minimum Gasteiger partial charge on any atom is -0.462 e. The van der Waals surface area contributed by atoms with Crippen molar-refractivity contribution >= 4 is 49.9 Å². The number of nitrogens with zero attached hydrogens (tertiary/aromatic N) is 4. The molecular weight excluding hydrogens is 544 g/mol. The van der Waals surface area contributed by atoms with Gasteiger partial charge in [0, 0.05) is 37.9 Å². The molecule has 0 bridgehead atoms. The van der Waals surface area contributed by atoms with E-state index in [1.807, 2.05) is 0 Å². The molecule has 39 heavy (non-hydrogen) atoms. The van der Waals surface area contributed by atoms with E-state index in [0.717, 1.165) is 34.4 Å². The maximum Gasteiger partial charge on any atom is 0.350 e. The van der Waals surface area contributed by atoms with Gasteiger partial charge in [0.05, 0.1) is 22.9 Å². The molecule has 0 saturated heterocycles. The Bertz CT molecular complexity index is 1470. The number of esters is 1. The van der Waals surface area contributed by atoms with Crippen molar-refractivity contribution < 1.29 is 27.9 Å². The molecular formula is C25H30N6O6S2. The van der Waals surface area contributed by atoms with Crippen LogP contribution in [0.15, 0.2) is 29.2 Å². The number of carbonyl (C=O) groups is 2. The zero-order chi connectivity index (χ0) is 28.2. The predicted octanol–water partition coefficient (Wildman–Crippen LogP) is 2.10. The van der Waals surface area contributed by atoms with Crippen LogP contribution in [0.1, 0.15) is 39.1 Å². The third kappa shape index (κ3) is 6.88. The summed E-state index contributed by atoms with van der Waals surface area (Å²) in [5.74, 6) is 0.0438. The lowest BCUT2D eigenvalue weighted by Crippen LogP contribution is -2.35. The van der Waals surface area contributed by atoms with Crippen molar-refractivity contribution in [2.24, 2.45) is 0 Å². The van der Waals surface area contributed by atoms with Crippen LogP contribution in [0.4, 0.5) is 16.9 Å². The monoisotopic (exact) mass is 574 g/mol. The third-order valence-electron chi connectivity index (χ3n) is 6.12. The fourth-order valence-electron chi connectivity index (χ4n) is 4.12. The molecule has 1 aliphatic rings. The summed E-state index contributed by atoms with van der Waals surface area (Å²) in [5, 5.41) is 16.2. The van der Waals surface area contributed by atoms with Crippen LogP contribution in [-0.4, -0.2) is 77.8 Å². The van der Waals surface area contributed by atoms with Gasteiger partial charge in [0.1, 0.15) is 17.3 Å². The second-order valence-corrected chi connectivity index (χ2v) is 11.9. The summed E-state index contributed by atoms with van der Waals surface area (Å²) < 4.78 is 28.7. The van der Waals surface area contributed by atoms with Crippen molar-refractivity contribution in [2.45, 2.75) is 38.1 Å². The first-order valence-electron chi connectivity index (χ1n) is 12.3. The van der Waals surface area contributed by atoms with E-state index < -0.39 is 22.4 Å². The van der Waals surface area contributed by atoms with Gasteiger partial charge in [-0.15, -0.1) is 0 Å². The Morgan fingerprint density at radius 3 is 2.51 bits per heavy atom. The van der Waals surface area contributed by atoms with E-state index in [1.165, 1.54) is 0 Å². The van der Waals surface area contributed by atoms with Gasteiger partial charge in [0.25, 0.3) is 0 Å². The number of benzene rings is 1. The molecule has 1 amide bonds. The van der Waals surface area contributed by atoms with E-state index in [9.17, 15) is 23.1 Å². The standard InChI is InChI=1S/C25H30N6O6S2/c1-4-37-23(34)21-15(2)27-25(38-21)30-24-28-19-10-12-31(20(33)14-32)11-9-18(19)22(29-24)26-13-16-5-7-17(8-6-16)39(3,35)36/h5-8,32H,4,9-14H2,1-3H3,(H2,26,27,28,29,30).